The first-order valence-electron chi connectivity index (χ1n) is 12.9. The van der Waals surface area contributed by atoms with Crippen molar-refractivity contribution < 1.29 is 9.59 Å². The van der Waals surface area contributed by atoms with E-state index in [0.717, 1.165) is 18.7 Å². The van der Waals surface area contributed by atoms with Crippen molar-refractivity contribution in [1.82, 2.24) is 25.0 Å². The molecule has 196 valence electrons. The maximum Gasteiger partial charge on any atom is 0.251 e. The number of aromatic nitrogens is 3. The number of para-hydroxylation sites is 1. The van der Waals surface area contributed by atoms with Crippen LogP contribution in [0.15, 0.2) is 59.8 Å². The summed E-state index contributed by atoms with van der Waals surface area (Å²) in [5.74, 6) is 1.11. The quantitative estimate of drug-likeness (QED) is 0.427. The van der Waals surface area contributed by atoms with Crippen molar-refractivity contribution in [3.63, 3.8) is 0 Å². The highest BCUT2D eigenvalue weighted by molar-refractivity contribution is 7.99. The lowest BCUT2D eigenvalue weighted by molar-refractivity contribution is -0.128. The molecule has 37 heavy (non-hydrogen) atoms. The third-order valence-electron chi connectivity index (χ3n) is 6.69. The number of thioether (sulfide) groups is 1. The number of hydrogen-bond acceptors (Lipinski definition) is 6. The molecule has 3 aromatic rings. The zero-order valence-corrected chi connectivity index (χ0v) is 22.9. The topological polar surface area (TPSA) is 83.4 Å². The van der Waals surface area contributed by atoms with Gasteiger partial charge in [-0.25, -0.2) is 0 Å². The van der Waals surface area contributed by atoms with Gasteiger partial charge in [-0.15, -0.1) is 10.2 Å². The molecule has 0 bridgehead atoms. The number of nitrogens with zero attached hydrogens (tertiary/aromatic N) is 5. The molecule has 0 unspecified atom stereocenters. The van der Waals surface area contributed by atoms with Crippen LogP contribution in [0.1, 0.15) is 48.6 Å². The highest BCUT2D eigenvalue weighted by Gasteiger charge is 2.27. The average Bonchev–Trinajstić information content (AvgIpc) is 3.33. The van der Waals surface area contributed by atoms with Crippen molar-refractivity contribution in [2.24, 2.45) is 5.92 Å². The molecule has 1 saturated heterocycles. The standard InChI is InChI=1S/C28H36N6O2S/c1-5-34-26(25(20(2)3)29-27(36)22-13-11-21(4)12-14-22)30-31-28(34)37-19-24(35)33-17-15-32(16-18-33)23-9-7-6-8-10-23/h6-14,20,25H,5,15-19H2,1-4H3,(H,29,36)/t25-/m1/s1. The lowest BCUT2D eigenvalue weighted by atomic mass is 10.0. The van der Waals surface area contributed by atoms with Gasteiger partial charge < -0.3 is 19.7 Å². The number of benzene rings is 2. The van der Waals surface area contributed by atoms with Crippen LogP contribution in [0.5, 0.6) is 0 Å². The molecule has 1 fully saturated rings. The Morgan fingerprint density at radius 1 is 0.973 bits per heavy atom. The van der Waals surface area contributed by atoms with E-state index in [4.69, 9.17) is 0 Å². The Morgan fingerprint density at radius 2 is 1.65 bits per heavy atom. The summed E-state index contributed by atoms with van der Waals surface area (Å²) in [7, 11) is 0. The molecule has 2 amide bonds. The fraction of sp³-hybridized carbons (Fsp3) is 0.429. The number of rotatable bonds is 9. The Kier molecular flexibility index (Phi) is 8.87. The molecule has 9 heteroatoms. The zero-order chi connectivity index (χ0) is 26.4. The van der Waals surface area contributed by atoms with Crippen LogP contribution in [0.3, 0.4) is 0 Å². The molecule has 0 aliphatic carbocycles. The van der Waals surface area contributed by atoms with Crippen LogP contribution in [0.2, 0.25) is 0 Å². The smallest absolute Gasteiger partial charge is 0.251 e. The number of carbonyl (C=O) groups is 2. The Balaban J connectivity index is 1.37. The van der Waals surface area contributed by atoms with E-state index in [2.05, 4.69) is 46.4 Å². The number of amides is 2. The van der Waals surface area contributed by atoms with Crippen LogP contribution < -0.4 is 10.2 Å². The Hall–Kier alpha value is -3.33. The maximum atomic E-state index is 13.0. The molecule has 4 rings (SSSR count). The van der Waals surface area contributed by atoms with Crippen LogP contribution >= 0.6 is 11.8 Å². The van der Waals surface area contributed by atoms with Gasteiger partial charge >= 0.3 is 0 Å². The van der Waals surface area contributed by atoms with Gasteiger partial charge in [0, 0.05) is 44.0 Å². The van der Waals surface area contributed by atoms with E-state index >= 15 is 0 Å². The van der Waals surface area contributed by atoms with Crippen molar-refractivity contribution in [3.8, 4) is 0 Å². The molecular weight excluding hydrogens is 484 g/mol. The third kappa shape index (κ3) is 6.52. The van der Waals surface area contributed by atoms with E-state index < -0.39 is 0 Å². The lowest BCUT2D eigenvalue weighted by Gasteiger charge is -2.36. The van der Waals surface area contributed by atoms with E-state index in [1.54, 1.807) is 0 Å². The van der Waals surface area contributed by atoms with Crippen LogP contribution in [0.25, 0.3) is 0 Å². The van der Waals surface area contributed by atoms with Crippen molar-refractivity contribution in [3.05, 3.63) is 71.5 Å². The predicted molar refractivity (Wildman–Crippen MR) is 148 cm³/mol. The molecule has 1 aromatic heterocycles. The molecule has 0 spiro atoms. The Bertz CT molecular complexity index is 1190. The van der Waals surface area contributed by atoms with Crippen molar-refractivity contribution in [1.29, 1.82) is 0 Å². The van der Waals surface area contributed by atoms with E-state index in [-0.39, 0.29) is 23.8 Å². The average molecular weight is 521 g/mol. The summed E-state index contributed by atoms with van der Waals surface area (Å²) >= 11 is 1.41. The molecule has 8 nitrogen and oxygen atoms in total. The van der Waals surface area contributed by atoms with Crippen LogP contribution in [-0.2, 0) is 11.3 Å². The van der Waals surface area contributed by atoms with Gasteiger partial charge in [0.15, 0.2) is 11.0 Å². The minimum atomic E-state index is -0.294. The van der Waals surface area contributed by atoms with Gasteiger partial charge in [0.05, 0.1) is 11.8 Å². The summed E-state index contributed by atoms with van der Waals surface area (Å²) in [5.41, 5.74) is 2.92. The molecule has 0 saturated carbocycles. The predicted octanol–water partition coefficient (Wildman–Crippen LogP) is 4.17. The number of carbonyl (C=O) groups excluding carboxylic acids is 2. The molecular formula is C28H36N6O2S. The monoisotopic (exact) mass is 520 g/mol. The molecule has 1 atom stereocenters. The molecule has 2 heterocycles. The number of hydrogen-bond donors (Lipinski definition) is 1. The zero-order valence-electron chi connectivity index (χ0n) is 22.1. The van der Waals surface area contributed by atoms with Gasteiger partial charge in [-0.1, -0.05) is 61.5 Å². The van der Waals surface area contributed by atoms with Gasteiger partial charge in [-0.3, -0.25) is 9.59 Å². The van der Waals surface area contributed by atoms with Crippen molar-refractivity contribution in [2.75, 3.05) is 36.8 Å². The minimum absolute atomic E-state index is 0.109. The van der Waals surface area contributed by atoms with Crippen molar-refractivity contribution in [2.45, 2.75) is 45.4 Å². The second-order valence-electron chi connectivity index (χ2n) is 9.64. The largest absolute Gasteiger partial charge is 0.368 e. The van der Waals surface area contributed by atoms with Gasteiger partial charge in [0.1, 0.15) is 0 Å². The summed E-state index contributed by atoms with van der Waals surface area (Å²) in [5, 5.41) is 12.7. The molecule has 1 aliphatic rings. The highest BCUT2D eigenvalue weighted by atomic mass is 32.2. The minimum Gasteiger partial charge on any atom is -0.368 e. The molecule has 1 aliphatic heterocycles. The maximum absolute atomic E-state index is 13.0. The molecule has 0 radical (unpaired) electrons. The van der Waals surface area contributed by atoms with Gasteiger partial charge in [-0.2, -0.15) is 0 Å². The first kappa shape index (κ1) is 26.7. The summed E-state index contributed by atoms with van der Waals surface area (Å²) in [6.07, 6.45) is 0. The van der Waals surface area contributed by atoms with Gasteiger partial charge in [-0.05, 0) is 44.0 Å². The number of aryl methyl sites for hydroxylation is 1. The van der Waals surface area contributed by atoms with E-state index in [1.165, 1.54) is 17.4 Å². The SMILES string of the molecule is CCn1c(SCC(=O)N2CCN(c3ccccc3)CC2)nnc1[C@H](NC(=O)c1ccc(C)cc1)C(C)C. The van der Waals surface area contributed by atoms with E-state index in [0.29, 0.717) is 41.9 Å². The first-order valence-corrected chi connectivity index (χ1v) is 13.9. The van der Waals surface area contributed by atoms with Crippen LogP contribution in [0, 0.1) is 12.8 Å². The summed E-state index contributed by atoms with van der Waals surface area (Å²) < 4.78 is 2.01. The second kappa shape index (κ2) is 12.3. The molecule has 2 aromatic carbocycles. The molecule has 1 N–H and O–H groups in total. The first-order chi connectivity index (χ1) is 17.9. The lowest BCUT2D eigenvalue weighted by Crippen LogP contribution is -2.49. The Labute approximate surface area is 223 Å². The highest BCUT2D eigenvalue weighted by Crippen LogP contribution is 2.26. The van der Waals surface area contributed by atoms with Crippen LogP contribution in [-0.4, -0.2) is 63.4 Å². The van der Waals surface area contributed by atoms with Crippen LogP contribution in [0.4, 0.5) is 5.69 Å². The normalized spacial score (nSPS) is 14.6. The third-order valence-corrected chi connectivity index (χ3v) is 7.64. The van der Waals surface area contributed by atoms with Crippen molar-refractivity contribution >= 4 is 29.3 Å². The van der Waals surface area contributed by atoms with Gasteiger partial charge in [0.2, 0.25) is 5.91 Å². The number of anilines is 1. The number of nitrogens with one attached hydrogen (secondary N) is 1. The number of piperazine rings is 1. The fourth-order valence-corrected chi connectivity index (χ4v) is 5.38. The fourth-order valence-electron chi connectivity index (χ4n) is 4.46. The summed E-state index contributed by atoms with van der Waals surface area (Å²) in [6, 6.07) is 17.5. The Morgan fingerprint density at radius 3 is 2.27 bits per heavy atom. The second-order valence-corrected chi connectivity index (χ2v) is 10.6. The van der Waals surface area contributed by atoms with E-state index in [9.17, 15) is 9.59 Å². The summed E-state index contributed by atoms with van der Waals surface area (Å²) in [6.45, 7) is 11.9. The summed E-state index contributed by atoms with van der Waals surface area (Å²) in [4.78, 5) is 30.1. The van der Waals surface area contributed by atoms with Gasteiger partial charge in [0.25, 0.3) is 5.91 Å². The van der Waals surface area contributed by atoms with E-state index in [1.807, 2.05) is 65.8 Å².